The first-order valence-corrected chi connectivity index (χ1v) is 7.10. The fourth-order valence-electron chi connectivity index (χ4n) is 3.13. The van der Waals surface area contributed by atoms with Gasteiger partial charge in [-0.1, -0.05) is 0 Å². The number of aliphatic hydroxyl groups excluding tert-OH is 3. The van der Waals surface area contributed by atoms with Gasteiger partial charge >= 0.3 is 0 Å². The molecule has 1 heterocycles. The van der Waals surface area contributed by atoms with Gasteiger partial charge in [-0.25, -0.2) is 0 Å². The van der Waals surface area contributed by atoms with Crippen LogP contribution in [0.1, 0.15) is 27.7 Å². The zero-order valence-corrected chi connectivity index (χ0v) is 14.9. The van der Waals surface area contributed by atoms with Crippen LogP contribution >= 0.6 is 12.4 Å². The van der Waals surface area contributed by atoms with Crippen molar-refractivity contribution in [2.45, 2.75) is 57.3 Å². The van der Waals surface area contributed by atoms with E-state index in [-0.39, 0.29) is 17.3 Å². The Morgan fingerprint density at radius 3 is 1.72 bits per heavy atom. The molecule has 1 aliphatic rings. The second-order valence-electron chi connectivity index (χ2n) is 5.67. The molecule has 0 aromatic carbocycles. The number of hydrogen-bond donors (Lipinski definition) is 4. The topological polar surface area (TPSA) is 162 Å². The number of carbonyl (C=O) groups is 4. The molecule has 5 atom stereocenters. The molecule has 0 bridgehead atoms. The molecular formula is C14H22ClNO9. The lowest BCUT2D eigenvalue weighted by Crippen LogP contribution is -2.84. The lowest BCUT2D eigenvalue weighted by atomic mass is 9.71. The first-order chi connectivity index (χ1) is 10.9. The van der Waals surface area contributed by atoms with Gasteiger partial charge in [-0.2, -0.15) is 0 Å². The Morgan fingerprint density at radius 2 is 1.44 bits per heavy atom. The smallest absolute Gasteiger partial charge is 0.261 e. The second-order valence-corrected chi connectivity index (χ2v) is 5.67. The number of aliphatic hydroxyl groups is 4. The first kappa shape index (κ1) is 23.6. The highest BCUT2D eigenvalue weighted by atomic mass is 35.5. The fourth-order valence-corrected chi connectivity index (χ4v) is 3.13. The van der Waals surface area contributed by atoms with E-state index in [2.05, 4.69) is 0 Å². The highest BCUT2D eigenvalue weighted by Crippen LogP contribution is 2.42. The van der Waals surface area contributed by atoms with E-state index in [0.29, 0.717) is 0 Å². The van der Waals surface area contributed by atoms with Gasteiger partial charge in [0.25, 0.3) is 5.79 Å². The monoisotopic (exact) mass is 383 g/mol. The number of ketones is 2. The van der Waals surface area contributed by atoms with Crippen LogP contribution in [0.5, 0.6) is 0 Å². The van der Waals surface area contributed by atoms with Crippen molar-refractivity contribution in [3.05, 3.63) is 0 Å². The summed E-state index contributed by atoms with van der Waals surface area (Å²) in [5.41, 5.74) is -2.90. The van der Waals surface area contributed by atoms with Crippen molar-refractivity contribution in [2.75, 3.05) is 6.61 Å². The molecule has 0 aromatic rings. The van der Waals surface area contributed by atoms with Crippen LogP contribution in [0.15, 0.2) is 0 Å². The average molecular weight is 384 g/mol. The van der Waals surface area contributed by atoms with E-state index in [9.17, 15) is 39.6 Å². The van der Waals surface area contributed by atoms with E-state index in [4.69, 9.17) is 4.74 Å². The molecule has 4 N–H and O–H groups in total. The molecule has 1 rings (SSSR count). The molecule has 0 aliphatic carbocycles. The Labute approximate surface area is 149 Å². The summed E-state index contributed by atoms with van der Waals surface area (Å²) in [5.74, 6) is -7.63. The number of Topliss-reactive ketones (excluding diaryl/α,β-unsaturated/α-hetero) is 2. The molecule has 144 valence electrons. The van der Waals surface area contributed by atoms with E-state index >= 15 is 0 Å². The van der Waals surface area contributed by atoms with Gasteiger partial charge in [-0.3, -0.25) is 24.1 Å². The Hall–Kier alpha value is -1.43. The van der Waals surface area contributed by atoms with Crippen LogP contribution in [0, 0.1) is 0 Å². The Balaban J connectivity index is 0.00000576. The molecule has 0 radical (unpaired) electrons. The highest BCUT2D eigenvalue weighted by Gasteiger charge is 2.73. The van der Waals surface area contributed by atoms with E-state index in [1.54, 1.807) is 0 Å². The van der Waals surface area contributed by atoms with Gasteiger partial charge in [0.2, 0.25) is 11.8 Å². The van der Waals surface area contributed by atoms with Crippen molar-refractivity contribution in [1.82, 2.24) is 4.90 Å². The number of hydrogen-bond acceptors (Lipinski definition) is 9. The van der Waals surface area contributed by atoms with Gasteiger partial charge in [-0.05, 0) is 6.92 Å². The minimum atomic E-state index is -3.15. The fraction of sp³-hybridized carbons (Fsp3) is 0.714. The molecule has 11 heteroatoms. The molecule has 25 heavy (non-hydrogen) atoms. The van der Waals surface area contributed by atoms with E-state index in [1.165, 1.54) is 0 Å². The molecule has 0 spiro atoms. The van der Waals surface area contributed by atoms with Gasteiger partial charge < -0.3 is 25.2 Å². The van der Waals surface area contributed by atoms with Gasteiger partial charge in [0.15, 0.2) is 17.1 Å². The number of amides is 2. The normalized spacial score (nSPS) is 34.6. The van der Waals surface area contributed by atoms with Gasteiger partial charge in [0.1, 0.15) is 18.3 Å². The second kappa shape index (κ2) is 7.85. The standard InChI is InChI=1S/C14H21NO9.ClH/c1-6(17)13(15(8(3)19)9(4)20)12(22)11(21)10(5-16)24-14(13,23)7(2)18;/h10-12,16,21-23H,5H2,1-4H3;1H/t10-,11-,12+,13-,14-;/m1./s1. The molecule has 0 aromatic heterocycles. The minimum absolute atomic E-state index is 0. The summed E-state index contributed by atoms with van der Waals surface area (Å²) in [4.78, 5) is 48.5. The predicted octanol–water partition coefficient (Wildman–Crippen LogP) is -2.48. The Morgan fingerprint density at radius 1 is 1.00 bits per heavy atom. The summed E-state index contributed by atoms with van der Waals surface area (Å²) >= 11 is 0. The van der Waals surface area contributed by atoms with Crippen LogP contribution in [0.2, 0.25) is 0 Å². The van der Waals surface area contributed by atoms with Crippen molar-refractivity contribution >= 4 is 35.8 Å². The van der Waals surface area contributed by atoms with E-state index in [1.807, 2.05) is 0 Å². The Kier molecular flexibility index (Phi) is 7.40. The highest BCUT2D eigenvalue weighted by molar-refractivity contribution is 6.06. The molecule has 1 saturated heterocycles. The molecule has 10 nitrogen and oxygen atoms in total. The van der Waals surface area contributed by atoms with Crippen molar-refractivity contribution in [3.8, 4) is 0 Å². The molecule has 0 unspecified atom stereocenters. The summed E-state index contributed by atoms with van der Waals surface area (Å²) in [5, 5.41) is 40.6. The number of nitrogens with zero attached hydrogens (tertiary/aromatic N) is 1. The number of halogens is 1. The lowest BCUT2D eigenvalue weighted by Gasteiger charge is -2.56. The zero-order chi connectivity index (χ0) is 19.0. The molecular weight excluding hydrogens is 362 g/mol. The summed E-state index contributed by atoms with van der Waals surface area (Å²) in [6.07, 6.45) is -5.86. The van der Waals surface area contributed by atoms with Crippen LogP contribution in [-0.4, -0.2) is 85.0 Å². The molecule has 1 fully saturated rings. The third kappa shape index (κ3) is 3.21. The Bertz CT molecular complexity index is 569. The largest absolute Gasteiger partial charge is 0.394 e. The van der Waals surface area contributed by atoms with E-state index in [0.717, 1.165) is 27.7 Å². The number of rotatable bonds is 4. The van der Waals surface area contributed by atoms with Gasteiger partial charge in [0, 0.05) is 20.8 Å². The lowest BCUT2D eigenvalue weighted by molar-refractivity contribution is -0.334. The summed E-state index contributed by atoms with van der Waals surface area (Å²) < 4.78 is 5.00. The van der Waals surface area contributed by atoms with Crippen LogP contribution < -0.4 is 0 Å². The van der Waals surface area contributed by atoms with E-state index < -0.39 is 59.6 Å². The number of imide groups is 1. The van der Waals surface area contributed by atoms with Crippen molar-refractivity contribution in [3.63, 3.8) is 0 Å². The molecule has 1 aliphatic heterocycles. The maximum absolute atomic E-state index is 12.4. The minimum Gasteiger partial charge on any atom is -0.394 e. The molecule has 2 amide bonds. The maximum atomic E-state index is 12.4. The SMILES string of the molecule is CC(=O)N(C(C)=O)[C@]1(C(C)=O)[C@@H](O)[C@H](O)[C@@H](CO)O[C@]1(O)C(C)=O.Cl. The summed E-state index contributed by atoms with van der Waals surface area (Å²) in [6.45, 7) is 2.50. The maximum Gasteiger partial charge on any atom is 0.261 e. The van der Waals surface area contributed by atoms with Crippen molar-refractivity contribution < 1.29 is 44.3 Å². The zero-order valence-electron chi connectivity index (χ0n) is 14.1. The first-order valence-electron chi connectivity index (χ1n) is 7.10. The van der Waals surface area contributed by atoms with Crippen LogP contribution in [0.25, 0.3) is 0 Å². The van der Waals surface area contributed by atoms with Crippen molar-refractivity contribution in [2.24, 2.45) is 0 Å². The third-order valence-corrected chi connectivity index (χ3v) is 4.15. The number of carbonyl (C=O) groups excluding carboxylic acids is 4. The third-order valence-electron chi connectivity index (χ3n) is 4.15. The quantitative estimate of drug-likeness (QED) is 0.411. The predicted molar refractivity (Wildman–Crippen MR) is 83.5 cm³/mol. The number of ether oxygens (including phenoxy) is 1. The van der Waals surface area contributed by atoms with Gasteiger partial charge in [-0.15, -0.1) is 12.4 Å². The molecule has 0 saturated carbocycles. The summed E-state index contributed by atoms with van der Waals surface area (Å²) in [6, 6.07) is 0. The average Bonchev–Trinajstić information content (AvgIpc) is 2.45. The van der Waals surface area contributed by atoms with Crippen molar-refractivity contribution in [1.29, 1.82) is 0 Å². The van der Waals surface area contributed by atoms with Crippen LogP contribution in [0.3, 0.4) is 0 Å². The van der Waals surface area contributed by atoms with Gasteiger partial charge in [0.05, 0.1) is 6.61 Å². The van der Waals surface area contributed by atoms with Crippen LogP contribution in [-0.2, 0) is 23.9 Å². The summed E-state index contributed by atoms with van der Waals surface area (Å²) in [7, 11) is 0. The van der Waals surface area contributed by atoms with Crippen LogP contribution in [0.4, 0.5) is 0 Å².